The van der Waals surface area contributed by atoms with Crippen molar-refractivity contribution in [1.29, 1.82) is 0 Å². The van der Waals surface area contributed by atoms with Crippen molar-refractivity contribution in [1.82, 2.24) is 15.4 Å². The highest BCUT2D eigenvalue weighted by Crippen LogP contribution is 2.50. The number of β-lactam (4-membered cyclic amide) rings is 1. The molecule has 3 heterocycles. The number of hydrogen-bond acceptors (Lipinski definition) is 13. The van der Waals surface area contributed by atoms with Crippen molar-refractivity contribution >= 4 is 58.1 Å². The molecule has 6 unspecified atom stereocenters. The van der Waals surface area contributed by atoms with Gasteiger partial charge in [0.25, 0.3) is 17.4 Å². The number of anilines is 1. The molecular formula is C30H37N7O8S2. The minimum Gasteiger partial charge on any atom is -0.485 e. The number of carbonyl (C=O) groups excluding carboxylic acids is 2. The second kappa shape index (κ2) is 12.6. The van der Waals surface area contributed by atoms with Crippen LogP contribution >= 0.6 is 23.7 Å². The molecule has 1 aromatic carbocycles. The Balaban J connectivity index is 1.19. The zero-order valence-corrected chi connectivity index (χ0v) is 27.7. The zero-order chi connectivity index (χ0) is 33.7. The van der Waals surface area contributed by atoms with E-state index in [9.17, 15) is 19.5 Å². The van der Waals surface area contributed by atoms with Gasteiger partial charge in [-0.25, -0.2) is 9.78 Å². The number of amidine groups is 1. The molecule has 15 nitrogen and oxygen atoms in total. The molecule has 2 saturated carbocycles. The zero-order valence-electron chi connectivity index (χ0n) is 26.0. The van der Waals surface area contributed by atoms with Crippen LogP contribution in [-0.2, 0) is 29.9 Å². The molecule has 0 spiro atoms. The van der Waals surface area contributed by atoms with E-state index >= 15 is 0 Å². The van der Waals surface area contributed by atoms with Gasteiger partial charge in [-0.3, -0.25) is 14.6 Å². The highest BCUT2D eigenvalue weighted by Gasteiger charge is 2.57. The van der Waals surface area contributed by atoms with Crippen molar-refractivity contribution in [3.63, 3.8) is 0 Å². The van der Waals surface area contributed by atoms with E-state index in [0.29, 0.717) is 23.9 Å². The number of fused-ring (bicyclic) bond motifs is 2. The molecule has 2 aliphatic carbocycles. The van der Waals surface area contributed by atoms with Gasteiger partial charge in [-0.05, 0) is 82.1 Å². The van der Waals surface area contributed by atoms with E-state index in [4.69, 9.17) is 34.9 Å². The number of aromatic nitrogens is 1. The molecule has 0 radical (unpaired) electrons. The maximum absolute atomic E-state index is 13.5. The molecule has 6 atom stereocenters. The van der Waals surface area contributed by atoms with E-state index in [1.807, 2.05) is 12.1 Å². The number of hydroxylamine groups is 2. The summed E-state index contributed by atoms with van der Waals surface area (Å²) in [5, 5.41) is 19.4. The first-order valence-corrected chi connectivity index (χ1v) is 16.9. The average molecular weight is 688 g/mol. The Labute approximate surface area is 279 Å². The number of rotatable bonds is 11. The van der Waals surface area contributed by atoms with Gasteiger partial charge in [0.05, 0.1) is 11.6 Å². The number of oxime groups is 1. The van der Waals surface area contributed by atoms with Gasteiger partial charge in [0.1, 0.15) is 23.3 Å². The van der Waals surface area contributed by atoms with Crippen molar-refractivity contribution in [3.8, 4) is 5.75 Å². The molecule has 252 valence electrons. The standard InChI is InChI=1S/C30H37N7O8S2/c1-29(2)23(26(39)37(29)45-47-42)35-25(38)22(19-13-46-28(32)34-19)36-44-30(3,27(40)41)21-10-8-15-11-16(7-9-20(15)43-21)24(31)33-18-6-4-5-14-12-17(14)18/h7,9,11,13-14,17-18,21,23,42H,4-6,8,10,12H2,1-3H3,(H2,31,33)(H2,32,34)(H,35,38)(H,40,41)/b36-22-. The van der Waals surface area contributed by atoms with Crippen molar-refractivity contribution < 1.29 is 37.9 Å². The summed E-state index contributed by atoms with van der Waals surface area (Å²) in [6.45, 7) is 4.55. The number of aliphatic carboxylic acids is 1. The number of benzene rings is 1. The third-order valence-corrected chi connectivity index (χ3v) is 10.4. The normalized spacial score (nSPS) is 27.8. The summed E-state index contributed by atoms with van der Waals surface area (Å²) in [4.78, 5) is 53.3. The quantitative estimate of drug-likeness (QED) is 0.0756. The van der Waals surface area contributed by atoms with Crippen LogP contribution in [0.3, 0.4) is 0 Å². The van der Waals surface area contributed by atoms with Gasteiger partial charge in [0, 0.05) is 10.9 Å². The van der Waals surface area contributed by atoms with Crippen LogP contribution in [0.15, 0.2) is 33.7 Å². The summed E-state index contributed by atoms with van der Waals surface area (Å²) in [5.74, 6) is -0.433. The van der Waals surface area contributed by atoms with Crippen LogP contribution in [-0.4, -0.2) is 78.4 Å². The van der Waals surface area contributed by atoms with E-state index in [2.05, 4.69) is 15.5 Å². The molecule has 1 aromatic heterocycles. The van der Waals surface area contributed by atoms with Crippen molar-refractivity contribution in [2.45, 2.75) is 88.6 Å². The lowest BCUT2D eigenvalue weighted by Crippen LogP contribution is -2.76. The van der Waals surface area contributed by atoms with E-state index in [-0.39, 0.29) is 35.6 Å². The van der Waals surface area contributed by atoms with Crippen molar-refractivity contribution in [2.75, 3.05) is 5.73 Å². The molecule has 1 saturated heterocycles. The number of carboxylic acid groups (broad SMARTS) is 1. The summed E-state index contributed by atoms with van der Waals surface area (Å²) in [6.07, 6.45) is 4.51. The maximum Gasteiger partial charge on any atom is 0.354 e. The largest absolute Gasteiger partial charge is 0.485 e. The number of carboxylic acids is 1. The molecule has 17 heteroatoms. The SMILES string of the molecule is CC(O/N=C(\C(=O)NC1C(=O)N(OSO)C1(C)C)c1csc(N)n1)(C(=O)O)C1CCc2cc(C(N)=NC3CCCC4CC43)ccc2O1. The van der Waals surface area contributed by atoms with Gasteiger partial charge in [0.2, 0.25) is 0 Å². The van der Waals surface area contributed by atoms with Crippen LogP contribution < -0.4 is 21.5 Å². The third-order valence-electron chi connectivity index (χ3n) is 9.56. The van der Waals surface area contributed by atoms with Crippen LogP contribution in [0.4, 0.5) is 5.13 Å². The molecule has 2 aromatic rings. The Kier molecular flexibility index (Phi) is 8.84. The van der Waals surface area contributed by atoms with Crippen LogP contribution in [0.1, 0.15) is 69.7 Å². The number of aliphatic imine (C=N–C) groups is 1. The molecule has 47 heavy (non-hydrogen) atoms. The molecule has 4 aliphatic rings. The van der Waals surface area contributed by atoms with Gasteiger partial charge in [-0.15, -0.1) is 11.3 Å². The molecule has 2 aliphatic heterocycles. The number of thiazole rings is 1. The average Bonchev–Trinajstić information content (AvgIpc) is 3.74. The number of nitrogens with two attached hydrogens (primary N) is 2. The number of hydrogen-bond donors (Lipinski definition) is 5. The number of nitrogens with zero attached hydrogens (tertiary/aromatic N) is 4. The summed E-state index contributed by atoms with van der Waals surface area (Å²) < 4.78 is 20.0. The number of ether oxygens (including phenoxy) is 1. The van der Waals surface area contributed by atoms with E-state index in [1.165, 1.54) is 31.6 Å². The predicted octanol–water partition coefficient (Wildman–Crippen LogP) is 2.74. The van der Waals surface area contributed by atoms with Crippen molar-refractivity contribution in [3.05, 3.63) is 40.4 Å². The summed E-state index contributed by atoms with van der Waals surface area (Å²) in [7, 11) is 0. The Morgan fingerprint density at radius 2 is 2.09 bits per heavy atom. The van der Waals surface area contributed by atoms with Crippen molar-refractivity contribution in [2.24, 2.45) is 27.7 Å². The van der Waals surface area contributed by atoms with Crippen LogP contribution in [0.25, 0.3) is 0 Å². The van der Waals surface area contributed by atoms with Crippen LogP contribution in [0.5, 0.6) is 5.75 Å². The predicted molar refractivity (Wildman–Crippen MR) is 173 cm³/mol. The fourth-order valence-electron chi connectivity index (χ4n) is 6.56. The second-order valence-corrected chi connectivity index (χ2v) is 14.2. The molecule has 6 rings (SSSR count). The molecule has 3 fully saturated rings. The Hall–Kier alpha value is -3.93. The molecule has 0 bridgehead atoms. The van der Waals surface area contributed by atoms with Gasteiger partial charge >= 0.3 is 5.97 Å². The van der Waals surface area contributed by atoms with E-state index < -0.39 is 46.8 Å². The number of nitrogens with one attached hydrogen (secondary N) is 1. The number of nitrogen functional groups attached to an aromatic ring is 1. The van der Waals surface area contributed by atoms with Gasteiger partial charge < -0.3 is 36.0 Å². The van der Waals surface area contributed by atoms with Gasteiger partial charge in [-0.1, -0.05) is 18.0 Å². The minimum atomic E-state index is -2.03. The van der Waals surface area contributed by atoms with Gasteiger partial charge in [-0.2, -0.15) is 9.35 Å². The van der Waals surface area contributed by atoms with E-state index in [0.717, 1.165) is 39.9 Å². The minimum absolute atomic E-state index is 0.00144. The van der Waals surface area contributed by atoms with Crippen LogP contribution in [0, 0.1) is 11.8 Å². The first kappa shape index (κ1) is 33.0. The first-order chi connectivity index (χ1) is 22.3. The highest BCUT2D eigenvalue weighted by molar-refractivity contribution is 7.88. The fourth-order valence-corrected chi connectivity index (χ4v) is 7.44. The van der Waals surface area contributed by atoms with Gasteiger partial charge in [0.15, 0.2) is 29.3 Å². The monoisotopic (exact) mass is 687 g/mol. The Bertz CT molecular complexity index is 1650. The van der Waals surface area contributed by atoms with Crippen LogP contribution in [0.2, 0.25) is 0 Å². The summed E-state index contributed by atoms with van der Waals surface area (Å²) in [6, 6.07) is 4.71. The first-order valence-electron chi connectivity index (χ1n) is 15.3. The topological polar surface area (TPSA) is 224 Å². The Morgan fingerprint density at radius 1 is 1.30 bits per heavy atom. The molecule has 7 N–H and O–H groups in total. The Morgan fingerprint density at radius 3 is 2.77 bits per heavy atom. The number of amides is 2. The number of aryl methyl sites for hydroxylation is 1. The summed E-state index contributed by atoms with van der Waals surface area (Å²) >= 11 is 1.04. The smallest absolute Gasteiger partial charge is 0.354 e. The lowest BCUT2D eigenvalue weighted by Gasteiger charge is -2.50. The van der Waals surface area contributed by atoms with E-state index in [1.54, 1.807) is 19.9 Å². The third kappa shape index (κ3) is 6.24. The molecular weight excluding hydrogens is 651 g/mol. The lowest BCUT2D eigenvalue weighted by molar-refractivity contribution is -0.214. The lowest BCUT2D eigenvalue weighted by atomic mass is 9.84. The number of carbonyl (C=O) groups is 3. The fraction of sp³-hybridized carbons (Fsp3) is 0.533. The second-order valence-electron chi connectivity index (χ2n) is 13.0. The summed E-state index contributed by atoms with van der Waals surface area (Å²) in [5.41, 5.74) is 10.4. The highest BCUT2D eigenvalue weighted by atomic mass is 32.2. The molecule has 2 amide bonds. The maximum atomic E-state index is 13.5.